The van der Waals surface area contributed by atoms with Crippen LogP contribution in [0.25, 0.3) is 10.9 Å². The van der Waals surface area contributed by atoms with Crippen LogP contribution in [0.1, 0.15) is 13.3 Å². The highest BCUT2D eigenvalue weighted by atomic mass is 35.5. The number of carbonyl (C=O) groups is 1. The zero-order valence-corrected chi connectivity index (χ0v) is 12.8. The van der Waals surface area contributed by atoms with Crippen LogP contribution in [0, 0.1) is 17.7 Å². The molecule has 22 heavy (non-hydrogen) atoms. The molecule has 3 rings (SSSR count). The Morgan fingerprint density at radius 3 is 2.95 bits per heavy atom. The van der Waals surface area contributed by atoms with E-state index in [1.54, 1.807) is 12.3 Å². The number of benzene rings is 1. The van der Waals surface area contributed by atoms with Crippen LogP contribution in [0.5, 0.6) is 0 Å². The molecule has 0 bridgehead atoms. The van der Waals surface area contributed by atoms with Gasteiger partial charge in [-0.15, -0.1) is 0 Å². The third-order valence-corrected chi connectivity index (χ3v) is 4.40. The van der Waals surface area contributed by atoms with E-state index >= 15 is 0 Å². The van der Waals surface area contributed by atoms with E-state index in [-0.39, 0.29) is 10.9 Å². The van der Waals surface area contributed by atoms with Gasteiger partial charge in [-0.3, -0.25) is 9.78 Å². The van der Waals surface area contributed by atoms with Gasteiger partial charge in [0.1, 0.15) is 5.82 Å². The van der Waals surface area contributed by atoms with Crippen molar-refractivity contribution in [2.24, 2.45) is 11.8 Å². The van der Waals surface area contributed by atoms with Crippen molar-refractivity contribution in [3.8, 4) is 0 Å². The van der Waals surface area contributed by atoms with E-state index in [1.165, 1.54) is 6.07 Å². The minimum absolute atomic E-state index is 0.0431. The molecule has 1 aliphatic heterocycles. The molecule has 2 atom stereocenters. The van der Waals surface area contributed by atoms with Gasteiger partial charge in [-0.1, -0.05) is 18.5 Å². The van der Waals surface area contributed by atoms with Gasteiger partial charge in [0.2, 0.25) is 0 Å². The molecule has 1 saturated heterocycles. The lowest BCUT2D eigenvalue weighted by molar-refractivity contribution is -0.142. The molecule has 1 aromatic carbocycles. The van der Waals surface area contributed by atoms with E-state index in [9.17, 15) is 14.3 Å². The number of fused-ring (bicyclic) bond motifs is 1. The highest BCUT2D eigenvalue weighted by Gasteiger charge is 2.30. The minimum Gasteiger partial charge on any atom is -0.481 e. The number of piperidine rings is 1. The van der Waals surface area contributed by atoms with Crippen molar-refractivity contribution in [3.05, 3.63) is 35.2 Å². The summed E-state index contributed by atoms with van der Waals surface area (Å²) < 4.78 is 13.6. The van der Waals surface area contributed by atoms with Gasteiger partial charge in [-0.25, -0.2) is 4.39 Å². The number of carboxylic acid groups (broad SMARTS) is 1. The molecular weight excluding hydrogens is 307 g/mol. The maximum Gasteiger partial charge on any atom is 0.308 e. The number of halogens is 2. The maximum absolute atomic E-state index is 13.6. The van der Waals surface area contributed by atoms with Gasteiger partial charge in [-0.05, 0) is 24.5 Å². The van der Waals surface area contributed by atoms with Crippen LogP contribution in [-0.2, 0) is 4.79 Å². The number of carboxylic acids is 1. The number of anilines is 1. The summed E-state index contributed by atoms with van der Waals surface area (Å²) in [7, 11) is 0. The fraction of sp³-hybridized carbons (Fsp3) is 0.375. The molecular formula is C16H16ClFN2O2. The first-order valence-corrected chi connectivity index (χ1v) is 7.55. The lowest BCUT2D eigenvalue weighted by Crippen LogP contribution is -2.42. The molecule has 0 saturated carbocycles. The molecule has 2 aromatic rings. The van der Waals surface area contributed by atoms with E-state index in [4.69, 9.17) is 11.6 Å². The number of aliphatic carboxylic acids is 1. The summed E-state index contributed by atoms with van der Waals surface area (Å²) in [6, 6.07) is 4.69. The number of nitrogens with zero attached hydrogens (tertiary/aromatic N) is 2. The number of rotatable bonds is 2. The topological polar surface area (TPSA) is 53.4 Å². The fourth-order valence-corrected chi connectivity index (χ4v) is 3.29. The van der Waals surface area contributed by atoms with Crippen LogP contribution in [0.15, 0.2) is 24.4 Å². The quantitative estimate of drug-likeness (QED) is 0.918. The highest BCUT2D eigenvalue weighted by Crippen LogP contribution is 2.33. The Morgan fingerprint density at radius 2 is 2.23 bits per heavy atom. The average Bonchev–Trinajstić information content (AvgIpc) is 2.47. The second-order valence-electron chi connectivity index (χ2n) is 5.89. The van der Waals surface area contributed by atoms with Gasteiger partial charge in [-0.2, -0.15) is 0 Å². The van der Waals surface area contributed by atoms with Gasteiger partial charge < -0.3 is 10.0 Å². The summed E-state index contributed by atoms with van der Waals surface area (Å²) >= 11 is 5.89. The molecule has 6 heteroatoms. The number of aromatic nitrogens is 1. The number of hydrogen-bond donors (Lipinski definition) is 1. The molecule has 1 N–H and O–H groups in total. The molecule has 1 aliphatic rings. The fourth-order valence-electron chi connectivity index (χ4n) is 3.13. The molecule has 2 heterocycles. The molecule has 1 fully saturated rings. The maximum atomic E-state index is 13.6. The smallest absolute Gasteiger partial charge is 0.308 e. The normalized spacial score (nSPS) is 22.0. The average molecular weight is 323 g/mol. The molecule has 2 unspecified atom stereocenters. The summed E-state index contributed by atoms with van der Waals surface area (Å²) in [5, 5.41) is 10.1. The monoisotopic (exact) mass is 322 g/mol. The Morgan fingerprint density at radius 1 is 1.45 bits per heavy atom. The summed E-state index contributed by atoms with van der Waals surface area (Å²) in [6.07, 6.45) is 2.28. The predicted octanol–water partition coefficient (Wildman–Crippen LogP) is 3.57. The molecule has 0 radical (unpaired) electrons. The lowest BCUT2D eigenvalue weighted by atomic mass is 9.90. The Labute approximate surface area is 132 Å². The molecule has 0 aliphatic carbocycles. The van der Waals surface area contributed by atoms with Crippen molar-refractivity contribution < 1.29 is 14.3 Å². The first-order valence-electron chi connectivity index (χ1n) is 7.17. The van der Waals surface area contributed by atoms with E-state index < -0.39 is 17.7 Å². The first-order chi connectivity index (χ1) is 10.5. The van der Waals surface area contributed by atoms with Crippen molar-refractivity contribution in [2.75, 3.05) is 18.0 Å². The standard InChI is InChI=1S/C16H16ClFN2O2/c1-9-4-10(16(21)22)8-20(7-9)15-2-3-19-14-6-13(18)12(17)5-11(14)15/h2-3,5-6,9-10H,4,7-8H2,1H3,(H,21,22). The Balaban J connectivity index is 2.05. The lowest BCUT2D eigenvalue weighted by Gasteiger charge is -2.36. The van der Waals surface area contributed by atoms with Gasteiger partial charge in [0, 0.05) is 36.4 Å². The van der Waals surface area contributed by atoms with Gasteiger partial charge in [0.05, 0.1) is 16.5 Å². The largest absolute Gasteiger partial charge is 0.481 e. The third-order valence-electron chi connectivity index (χ3n) is 4.11. The molecule has 0 spiro atoms. The summed E-state index contributed by atoms with van der Waals surface area (Å²) in [4.78, 5) is 17.5. The van der Waals surface area contributed by atoms with Gasteiger partial charge >= 0.3 is 5.97 Å². The summed E-state index contributed by atoms with van der Waals surface area (Å²) in [5.41, 5.74) is 1.37. The van der Waals surface area contributed by atoms with Crippen molar-refractivity contribution in [1.29, 1.82) is 0 Å². The second kappa shape index (κ2) is 5.72. The van der Waals surface area contributed by atoms with Crippen LogP contribution >= 0.6 is 11.6 Å². The van der Waals surface area contributed by atoms with Gasteiger partial charge in [0.25, 0.3) is 0 Å². The van der Waals surface area contributed by atoms with Crippen molar-refractivity contribution >= 4 is 34.2 Å². The SMILES string of the molecule is CC1CC(C(=O)O)CN(c2ccnc3cc(F)c(Cl)cc23)C1. The molecule has 0 amide bonds. The third kappa shape index (κ3) is 2.73. The van der Waals surface area contributed by atoms with Crippen molar-refractivity contribution in [3.63, 3.8) is 0 Å². The zero-order valence-electron chi connectivity index (χ0n) is 12.1. The number of hydrogen-bond acceptors (Lipinski definition) is 3. The van der Waals surface area contributed by atoms with Crippen LogP contribution in [-0.4, -0.2) is 29.1 Å². The minimum atomic E-state index is -0.779. The van der Waals surface area contributed by atoms with Crippen molar-refractivity contribution in [2.45, 2.75) is 13.3 Å². The highest BCUT2D eigenvalue weighted by molar-refractivity contribution is 6.31. The van der Waals surface area contributed by atoms with Crippen LogP contribution in [0.3, 0.4) is 0 Å². The van der Waals surface area contributed by atoms with Crippen LogP contribution in [0.4, 0.5) is 10.1 Å². The Kier molecular flexibility index (Phi) is 3.91. The predicted molar refractivity (Wildman–Crippen MR) is 83.8 cm³/mol. The zero-order chi connectivity index (χ0) is 15.9. The van der Waals surface area contributed by atoms with Crippen molar-refractivity contribution in [1.82, 2.24) is 4.98 Å². The summed E-state index contributed by atoms with van der Waals surface area (Å²) in [5.74, 6) is -1.41. The molecule has 4 nitrogen and oxygen atoms in total. The second-order valence-corrected chi connectivity index (χ2v) is 6.30. The molecule has 1 aromatic heterocycles. The molecule has 116 valence electrons. The number of pyridine rings is 1. The van der Waals surface area contributed by atoms with Crippen LogP contribution < -0.4 is 4.90 Å². The van der Waals surface area contributed by atoms with Gasteiger partial charge in [0.15, 0.2) is 0 Å². The van der Waals surface area contributed by atoms with E-state index in [2.05, 4.69) is 4.98 Å². The van der Waals surface area contributed by atoms with Crippen LogP contribution in [0.2, 0.25) is 5.02 Å². The summed E-state index contributed by atoms with van der Waals surface area (Å²) in [6.45, 7) is 3.24. The first kappa shape index (κ1) is 15.0. The van der Waals surface area contributed by atoms with E-state index in [1.807, 2.05) is 17.9 Å². The van der Waals surface area contributed by atoms with E-state index in [0.29, 0.717) is 18.5 Å². The Bertz CT molecular complexity index is 737. The van der Waals surface area contributed by atoms with E-state index in [0.717, 1.165) is 17.6 Å². The Hall–Kier alpha value is -1.88.